The molecular weight excluding hydrogens is 212 g/mol. The van der Waals surface area contributed by atoms with Crippen molar-refractivity contribution in [3.05, 3.63) is 33.9 Å². The van der Waals surface area contributed by atoms with Crippen LogP contribution in [0.15, 0.2) is 18.2 Å². The number of nitro benzene ring substituents is 1. The van der Waals surface area contributed by atoms with Crippen LogP contribution < -0.4 is 5.73 Å². The van der Waals surface area contributed by atoms with Gasteiger partial charge in [0.05, 0.1) is 17.6 Å². The third-order valence-electron chi connectivity index (χ3n) is 1.69. The first kappa shape index (κ1) is 13.9. The molecule has 0 aliphatic heterocycles. The Kier molecular flexibility index (Phi) is 5.55. The van der Waals surface area contributed by atoms with E-state index in [-0.39, 0.29) is 16.9 Å². The predicted molar refractivity (Wildman–Crippen MR) is 60.2 cm³/mol. The fourth-order valence-electron chi connectivity index (χ4n) is 1.00. The maximum absolute atomic E-state index is 11.1. The molecule has 0 bridgehead atoms. The van der Waals surface area contributed by atoms with E-state index in [0.29, 0.717) is 0 Å². The molecule has 0 aliphatic carbocycles. The SMILES string of the molecule is CC.COC(=O)c1cccc([N+](=O)[O-])c1N. The molecule has 1 aromatic carbocycles. The van der Waals surface area contributed by atoms with Crippen LogP contribution in [0, 0.1) is 10.1 Å². The van der Waals surface area contributed by atoms with Crippen LogP contribution in [0.5, 0.6) is 0 Å². The van der Waals surface area contributed by atoms with Gasteiger partial charge in [0.1, 0.15) is 5.69 Å². The Bertz CT molecular complexity index is 390. The highest BCUT2D eigenvalue weighted by Crippen LogP contribution is 2.24. The van der Waals surface area contributed by atoms with Crippen LogP contribution in [0.2, 0.25) is 0 Å². The molecule has 6 nitrogen and oxygen atoms in total. The number of nitrogen functional groups attached to an aromatic ring is 1. The molecule has 2 N–H and O–H groups in total. The van der Waals surface area contributed by atoms with Gasteiger partial charge in [-0.1, -0.05) is 19.9 Å². The number of nitrogens with zero attached hydrogens (tertiary/aromatic N) is 1. The summed E-state index contributed by atoms with van der Waals surface area (Å²) in [6.07, 6.45) is 0. The predicted octanol–water partition coefficient (Wildman–Crippen LogP) is 1.99. The minimum absolute atomic E-state index is 0.00157. The van der Waals surface area contributed by atoms with Gasteiger partial charge < -0.3 is 10.5 Å². The standard InChI is InChI=1S/C8H8N2O4.C2H6/c1-14-8(11)5-3-2-4-6(7(5)9)10(12)13;1-2/h2-4H,9H2,1H3;1-2H3. The van der Waals surface area contributed by atoms with Crippen molar-refractivity contribution in [2.45, 2.75) is 13.8 Å². The number of rotatable bonds is 2. The van der Waals surface area contributed by atoms with Crippen LogP contribution in [-0.4, -0.2) is 18.0 Å². The van der Waals surface area contributed by atoms with Crippen LogP contribution >= 0.6 is 0 Å². The third-order valence-corrected chi connectivity index (χ3v) is 1.69. The number of ether oxygens (including phenoxy) is 1. The number of esters is 1. The van der Waals surface area contributed by atoms with E-state index in [1.54, 1.807) is 0 Å². The molecule has 6 heteroatoms. The second-order valence-corrected chi connectivity index (χ2v) is 2.49. The van der Waals surface area contributed by atoms with E-state index in [0.717, 1.165) is 0 Å². The number of hydrogen-bond acceptors (Lipinski definition) is 5. The molecular formula is C10H14N2O4. The molecule has 0 heterocycles. The first-order chi connectivity index (χ1) is 7.57. The normalized spacial score (nSPS) is 8.69. The second-order valence-electron chi connectivity index (χ2n) is 2.49. The summed E-state index contributed by atoms with van der Waals surface area (Å²) >= 11 is 0. The molecule has 0 saturated heterocycles. The first-order valence-electron chi connectivity index (χ1n) is 4.69. The Morgan fingerprint density at radius 1 is 1.44 bits per heavy atom. The molecule has 1 rings (SSSR count). The fraction of sp³-hybridized carbons (Fsp3) is 0.300. The molecule has 0 spiro atoms. The van der Waals surface area contributed by atoms with Crippen LogP contribution in [0.4, 0.5) is 11.4 Å². The van der Waals surface area contributed by atoms with Crippen molar-refractivity contribution in [1.29, 1.82) is 0 Å². The average Bonchev–Trinajstić information content (AvgIpc) is 2.30. The third kappa shape index (κ3) is 2.94. The molecule has 0 aromatic heterocycles. The van der Waals surface area contributed by atoms with E-state index in [4.69, 9.17) is 5.73 Å². The van der Waals surface area contributed by atoms with E-state index < -0.39 is 10.9 Å². The Morgan fingerprint density at radius 2 is 2.00 bits per heavy atom. The van der Waals surface area contributed by atoms with Crippen molar-refractivity contribution in [1.82, 2.24) is 0 Å². The summed E-state index contributed by atoms with van der Waals surface area (Å²) < 4.78 is 4.41. The zero-order chi connectivity index (χ0) is 12.7. The van der Waals surface area contributed by atoms with Gasteiger partial charge in [0.2, 0.25) is 0 Å². The van der Waals surface area contributed by atoms with Gasteiger partial charge in [0.15, 0.2) is 0 Å². The highest BCUT2D eigenvalue weighted by Gasteiger charge is 2.18. The van der Waals surface area contributed by atoms with E-state index in [1.807, 2.05) is 13.8 Å². The Hall–Kier alpha value is -2.11. The quantitative estimate of drug-likeness (QED) is 0.360. The van der Waals surface area contributed by atoms with Gasteiger partial charge in [0.25, 0.3) is 5.69 Å². The van der Waals surface area contributed by atoms with E-state index in [9.17, 15) is 14.9 Å². The van der Waals surface area contributed by atoms with Crippen molar-refractivity contribution in [2.24, 2.45) is 0 Å². The minimum Gasteiger partial charge on any atom is -0.465 e. The number of nitro groups is 1. The maximum Gasteiger partial charge on any atom is 0.340 e. The number of anilines is 1. The Balaban J connectivity index is 0.00000106. The summed E-state index contributed by atoms with van der Waals surface area (Å²) in [5.41, 5.74) is 4.95. The van der Waals surface area contributed by atoms with Crippen molar-refractivity contribution in [2.75, 3.05) is 12.8 Å². The molecule has 0 amide bonds. The number of para-hydroxylation sites is 1. The van der Waals surface area contributed by atoms with E-state index in [1.165, 1.54) is 25.3 Å². The van der Waals surface area contributed by atoms with Gasteiger partial charge in [-0.2, -0.15) is 0 Å². The van der Waals surface area contributed by atoms with Crippen molar-refractivity contribution in [3.63, 3.8) is 0 Å². The Morgan fingerprint density at radius 3 is 2.44 bits per heavy atom. The van der Waals surface area contributed by atoms with Crippen molar-refractivity contribution in [3.8, 4) is 0 Å². The number of carbonyl (C=O) groups is 1. The largest absolute Gasteiger partial charge is 0.465 e. The molecule has 88 valence electrons. The molecule has 0 atom stereocenters. The number of benzene rings is 1. The van der Waals surface area contributed by atoms with Crippen LogP contribution in [0.25, 0.3) is 0 Å². The average molecular weight is 226 g/mol. The summed E-state index contributed by atoms with van der Waals surface area (Å²) in [5, 5.41) is 10.5. The summed E-state index contributed by atoms with van der Waals surface area (Å²) in [6.45, 7) is 4.00. The van der Waals surface area contributed by atoms with Crippen LogP contribution in [-0.2, 0) is 4.74 Å². The number of carbonyl (C=O) groups excluding carboxylic acids is 1. The van der Waals surface area contributed by atoms with Crippen molar-refractivity contribution >= 4 is 17.3 Å². The lowest BCUT2D eigenvalue weighted by Gasteiger charge is -2.02. The zero-order valence-electron chi connectivity index (χ0n) is 9.39. The smallest absolute Gasteiger partial charge is 0.340 e. The fourth-order valence-corrected chi connectivity index (χ4v) is 1.00. The van der Waals surface area contributed by atoms with Crippen molar-refractivity contribution < 1.29 is 14.5 Å². The molecule has 1 aromatic rings. The van der Waals surface area contributed by atoms with E-state index in [2.05, 4.69) is 4.74 Å². The Labute approximate surface area is 93.2 Å². The van der Waals surface area contributed by atoms with Gasteiger partial charge in [0, 0.05) is 6.07 Å². The molecule has 0 radical (unpaired) electrons. The van der Waals surface area contributed by atoms with Gasteiger partial charge in [-0.3, -0.25) is 10.1 Å². The molecule has 0 aliphatic rings. The van der Waals surface area contributed by atoms with Gasteiger partial charge in [-0.05, 0) is 6.07 Å². The monoisotopic (exact) mass is 226 g/mol. The van der Waals surface area contributed by atoms with Gasteiger partial charge in [-0.15, -0.1) is 0 Å². The molecule has 0 fully saturated rings. The van der Waals surface area contributed by atoms with Gasteiger partial charge in [-0.25, -0.2) is 4.79 Å². The number of nitrogens with two attached hydrogens (primary N) is 1. The lowest BCUT2D eigenvalue weighted by Crippen LogP contribution is -2.07. The minimum atomic E-state index is -0.689. The van der Waals surface area contributed by atoms with E-state index >= 15 is 0 Å². The summed E-state index contributed by atoms with van der Waals surface area (Å²) in [6, 6.07) is 3.97. The first-order valence-corrected chi connectivity index (χ1v) is 4.69. The molecule has 0 saturated carbocycles. The lowest BCUT2D eigenvalue weighted by molar-refractivity contribution is -0.383. The van der Waals surface area contributed by atoms with Gasteiger partial charge >= 0.3 is 5.97 Å². The highest BCUT2D eigenvalue weighted by atomic mass is 16.6. The second kappa shape index (κ2) is 6.39. The summed E-state index contributed by atoms with van der Waals surface area (Å²) in [5.74, 6) is -0.689. The topological polar surface area (TPSA) is 95.5 Å². The van der Waals surface area contributed by atoms with Crippen LogP contribution in [0.3, 0.4) is 0 Å². The lowest BCUT2D eigenvalue weighted by atomic mass is 10.1. The number of methoxy groups -OCH3 is 1. The number of hydrogen-bond donors (Lipinski definition) is 1. The summed E-state index contributed by atoms with van der Waals surface area (Å²) in [7, 11) is 1.18. The summed E-state index contributed by atoms with van der Waals surface area (Å²) in [4.78, 5) is 20.9. The van der Waals surface area contributed by atoms with Crippen LogP contribution in [0.1, 0.15) is 24.2 Å². The highest BCUT2D eigenvalue weighted by molar-refractivity contribution is 5.97. The zero-order valence-corrected chi connectivity index (χ0v) is 9.39. The maximum atomic E-state index is 11.1. The molecule has 0 unspecified atom stereocenters. The molecule has 16 heavy (non-hydrogen) atoms.